The number of piperazine rings is 1. The number of nitrogens with zero attached hydrogens (tertiary/aromatic N) is 1. The summed E-state index contributed by atoms with van der Waals surface area (Å²) in [6.07, 6.45) is -4.41. The zero-order valence-corrected chi connectivity index (χ0v) is 15.1. The topological polar surface area (TPSA) is 24.5 Å². The van der Waals surface area contributed by atoms with E-state index in [4.69, 9.17) is 16.3 Å². The number of hydrogen-bond acceptors (Lipinski definition) is 3. The predicted octanol–water partition coefficient (Wildman–Crippen LogP) is 4.36. The molecule has 1 aliphatic heterocycles. The van der Waals surface area contributed by atoms with Gasteiger partial charge in [0.15, 0.2) is 0 Å². The maximum Gasteiger partial charge on any atom is 0.416 e. The highest BCUT2D eigenvalue weighted by molar-refractivity contribution is 6.31. The number of ether oxygens (including phenoxy) is 1. The van der Waals surface area contributed by atoms with Crippen molar-refractivity contribution in [3.05, 3.63) is 64.2 Å². The summed E-state index contributed by atoms with van der Waals surface area (Å²) in [6.45, 7) is 2.98. The van der Waals surface area contributed by atoms with Crippen LogP contribution in [0, 0.1) is 0 Å². The molecule has 7 heteroatoms. The van der Waals surface area contributed by atoms with Crippen molar-refractivity contribution in [3.8, 4) is 5.75 Å². The van der Waals surface area contributed by atoms with Crippen LogP contribution in [0.15, 0.2) is 42.5 Å². The van der Waals surface area contributed by atoms with Crippen LogP contribution in [0.1, 0.15) is 22.7 Å². The molecule has 1 fully saturated rings. The molecule has 0 spiro atoms. The number of methoxy groups -OCH3 is 1. The molecule has 0 radical (unpaired) electrons. The molecule has 1 aliphatic rings. The largest absolute Gasteiger partial charge is 0.497 e. The molecule has 140 valence electrons. The van der Waals surface area contributed by atoms with Crippen LogP contribution < -0.4 is 10.1 Å². The fourth-order valence-corrected chi connectivity index (χ4v) is 3.49. The van der Waals surface area contributed by atoms with Crippen molar-refractivity contribution in [1.82, 2.24) is 10.2 Å². The van der Waals surface area contributed by atoms with Crippen LogP contribution in [0.2, 0.25) is 5.02 Å². The Hall–Kier alpha value is -1.76. The summed E-state index contributed by atoms with van der Waals surface area (Å²) < 4.78 is 45.0. The first kappa shape index (κ1) is 19.0. The number of alkyl halides is 3. The summed E-state index contributed by atoms with van der Waals surface area (Å²) in [5.74, 6) is 0.658. The highest BCUT2D eigenvalue weighted by Crippen LogP contribution is 2.38. The third-order valence-corrected chi connectivity index (χ3v) is 4.89. The van der Waals surface area contributed by atoms with Crippen molar-refractivity contribution in [2.75, 3.05) is 33.3 Å². The Labute approximate surface area is 155 Å². The molecule has 3 nitrogen and oxygen atoms in total. The quantitative estimate of drug-likeness (QED) is 0.847. The van der Waals surface area contributed by atoms with Crippen LogP contribution >= 0.6 is 11.6 Å². The molecule has 0 amide bonds. The first-order chi connectivity index (χ1) is 12.4. The number of hydrogen-bond donors (Lipinski definition) is 1. The molecule has 0 aromatic heterocycles. The fraction of sp³-hybridized carbons (Fsp3) is 0.368. The smallest absolute Gasteiger partial charge is 0.416 e. The zero-order valence-electron chi connectivity index (χ0n) is 14.3. The summed E-state index contributed by atoms with van der Waals surface area (Å²) in [6, 6.07) is 10.5. The van der Waals surface area contributed by atoms with Crippen LogP contribution in [-0.4, -0.2) is 38.2 Å². The van der Waals surface area contributed by atoms with Crippen molar-refractivity contribution in [2.45, 2.75) is 12.2 Å². The second-order valence-electron chi connectivity index (χ2n) is 6.20. The van der Waals surface area contributed by atoms with E-state index >= 15 is 0 Å². The standard InChI is InChI=1S/C19H20ClF3N2O/c1-26-15-4-2-3-13(11-15)18(25-9-7-24-8-10-25)16-12-14(19(21,22)23)5-6-17(16)20/h2-6,11-12,18,24H,7-10H2,1H3. The minimum atomic E-state index is -4.41. The zero-order chi connectivity index (χ0) is 18.7. The molecule has 26 heavy (non-hydrogen) atoms. The minimum Gasteiger partial charge on any atom is -0.497 e. The Morgan fingerprint density at radius 2 is 1.85 bits per heavy atom. The van der Waals surface area contributed by atoms with Gasteiger partial charge >= 0.3 is 6.18 Å². The van der Waals surface area contributed by atoms with Gasteiger partial charge < -0.3 is 10.1 Å². The molecule has 2 aromatic carbocycles. The molecule has 2 aromatic rings. The summed E-state index contributed by atoms with van der Waals surface area (Å²) in [4.78, 5) is 2.15. The highest BCUT2D eigenvalue weighted by Gasteiger charge is 2.33. The van der Waals surface area contributed by atoms with Crippen molar-refractivity contribution in [2.24, 2.45) is 0 Å². The molecule has 3 rings (SSSR count). The van der Waals surface area contributed by atoms with Gasteiger partial charge in [0.2, 0.25) is 0 Å². The van der Waals surface area contributed by atoms with Gasteiger partial charge in [-0.25, -0.2) is 0 Å². The third kappa shape index (κ3) is 4.14. The molecule has 0 saturated carbocycles. The van der Waals surface area contributed by atoms with Gasteiger partial charge in [0.1, 0.15) is 5.75 Å². The average Bonchev–Trinajstić information content (AvgIpc) is 2.63. The average molecular weight is 385 g/mol. The number of rotatable bonds is 4. The van der Waals surface area contributed by atoms with Gasteiger partial charge in [-0.1, -0.05) is 23.7 Å². The molecule has 0 aliphatic carbocycles. The normalized spacial score (nSPS) is 17.1. The van der Waals surface area contributed by atoms with Crippen LogP contribution in [0.4, 0.5) is 13.2 Å². The van der Waals surface area contributed by atoms with Crippen molar-refractivity contribution >= 4 is 11.6 Å². The lowest BCUT2D eigenvalue weighted by atomic mass is 9.94. The van der Waals surface area contributed by atoms with Crippen LogP contribution in [0.5, 0.6) is 5.75 Å². The van der Waals surface area contributed by atoms with Crippen LogP contribution in [-0.2, 0) is 6.18 Å². The van der Waals surface area contributed by atoms with E-state index in [0.717, 1.165) is 30.8 Å². The SMILES string of the molecule is COc1cccc(C(c2cc(C(F)(F)F)ccc2Cl)N2CCNCC2)c1. The second-order valence-corrected chi connectivity index (χ2v) is 6.61. The van der Waals surface area contributed by atoms with Gasteiger partial charge in [-0.2, -0.15) is 13.2 Å². The van der Waals surface area contributed by atoms with Gasteiger partial charge in [0, 0.05) is 31.2 Å². The molecule has 1 saturated heterocycles. The predicted molar refractivity (Wildman–Crippen MR) is 95.7 cm³/mol. The number of nitrogens with one attached hydrogen (secondary N) is 1. The van der Waals surface area contributed by atoms with Crippen LogP contribution in [0.3, 0.4) is 0 Å². The lowest BCUT2D eigenvalue weighted by Crippen LogP contribution is -2.45. The first-order valence-corrected chi connectivity index (χ1v) is 8.73. The fourth-order valence-electron chi connectivity index (χ4n) is 3.27. The lowest BCUT2D eigenvalue weighted by Gasteiger charge is -2.36. The lowest BCUT2D eigenvalue weighted by molar-refractivity contribution is -0.137. The Bertz CT molecular complexity index is 761. The Morgan fingerprint density at radius 3 is 2.50 bits per heavy atom. The van der Waals surface area contributed by atoms with E-state index in [1.807, 2.05) is 24.3 Å². The Morgan fingerprint density at radius 1 is 1.12 bits per heavy atom. The van der Waals surface area contributed by atoms with Crippen molar-refractivity contribution in [1.29, 1.82) is 0 Å². The van der Waals surface area contributed by atoms with E-state index in [9.17, 15) is 13.2 Å². The van der Waals surface area contributed by atoms with E-state index in [1.54, 1.807) is 7.11 Å². The van der Waals surface area contributed by atoms with Gasteiger partial charge in [-0.15, -0.1) is 0 Å². The molecule has 1 N–H and O–H groups in total. The van der Waals surface area contributed by atoms with E-state index in [0.29, 0.717) is 29.4 Å². The Kier molecular flexibility index (Phi) is 5.75. The Balaban J connectivity index is 2.11. The van der Waals surface area contributed by atoms with Crippen molar-refractivity contribution in [3.63, 3.8) is 0 Å². The molecular formula is C19H20ClF3N2O. The highest BCUT2D eigenvalue weighted by atomic mass is 35.5. The maximum atomic E-state index is 13.2. The van der Waals surface area contributed by atoms with Crippen molar-refractivity contribution < 1.29 is 17.9 Å². The molecular weight excluding hydrogens is 365 g/mol. The van der Waals surface area contributed by atoms with Gasteiger partial charge in [0.05, 0.1) is 18.7 Å². The number of halogens is 4. The minimum absolute atomic E-state index is 0.323. The molecule has 1 unspecified atom stereocenters. The molecule has 0 bridgehead atoms. The van der Waals surface area contributed by atoms with Gasteiger partial charge in [-0.3, -0.25) is 4.90 Å². The summed E-state index contributed by atoms with van der Waals surface area (Å²) in [5.41, 5.74) is 0.615. The van der Waals surface area contributed by atoms with E-state index < -0.39 is 11.7 Å². The molecule has 1 heterocycles. The van der Waals surface area contributed by atoms with E-state index in [-0.39, 0.29) is 6.04 Å². The third-order valence-electron chi connectivity index (χ3n) is 4.54. The van der Waals surface area contributed by atoms with Gasteiger partial charge in [0.25, 0.3) is 0 Å². The number of benzene rings is 2. The summed E-state index contributed by atoms with van der Waals surface area (Å²) in [5, 5.41) is 3.59. The maximum absolute atomic E-state index is 13.2. The van der Waals surface area contributed by atoms with E-state index in [1.165, 1.54) is 6.07 Å². The monoisotopic (exact) mass is 384 g/mol. The first-order valence-electron chi connectivity index (χ1n) is 8.35. The van der Waals surface area contributed by atoms with Crippen LogP contribution in [0.25, 0.3) is 0 Å². The van der Waals surface area contributed by atoms with Gasteiger partial charge in [-0.05, 0) is 41.5 Å². The van der Waals surface area contributed by atoms with E-state index in [2.05, 4.69) is 10.2 Å². The summed E-state index contributed by atoms with van der Waals surface area (Å²) >= 11 is 6.34. The summed E-state index contributed by atoms with van der Waals surface area (Å²) in [7, 11) is 1.57. The second kappa shape index (κ2) is 7.86. The molecule has 1 atom stereocenters.